The highest BCUT2D eigenvalue weighted by molar-refractivity contribution is 6.03. The second-order valence-electron chi connectivity index (χ2n) is 5.01. The van der Waals surface area contributed by atoms with Gasteiger partial charge >= 0.3 is 5.97 Å². The Hall–Kier alpha value is -2.63. The molecule has 1 aliphatic rings. The predicted molar refractivity (Wildman–Crippen MR) is 78.5 cm³/mol. The van der Waals surface area contributed by atoms with E-state index in [1.54, 1.807) is 31.2 Å². The zero-order valence-corrected chi connectivity index (χ0v) is 11.5. The first-order valence-corrected chi connectivity index (χ1v) is 6.75. The van der Waals surface area contributed by atoms with E-state index in [2.05, 4.69) is 10.3 Å². The SMILES string of the molecule is CC1C(=O)NCCN1c1cc(C(=O)O)c2ccccc2n1. The third-order valence-corrected chi connectivity index (χ3v) is 3.73. The molecule has 0 saturated carbocycles. The highest BCUT2D eigenvalue weighted by atomic mass is 16.4. The van der Waals surface area contributed by atoms with E-state index < -0.39 is 5.97 Å². The van der Waals surface area contributed by atoms with Crippen LogP contribution < -0.4 is 10.2 Å². The molecule has 0 radical (unpaired) electrons. The number of anilines is 1. The fraction of sp³-hybridized carbons (Fsp3) is 0.267. The summed E-state index contributed by atoms with van der Waals surface area (Å²) in [6.07, 6.45) is 0. The van der Waals surface area contributed by atoms with E-state index in [-0.39, 0.29) is 17.5 Å². The summed E-state index contributed by atoms with van der Waals surface area (Å²) in [4.78, 5) is 29.6. The van der Waals surface area contributed by atoms with Crippen LogP contribution >= 0.6 is 0 Å². The van der Waals surface area contributed by atoms with Gasteiger partial charge in [0.2, 0.25) is 5.91 Å². The molecule has 1 aromatic heterocycles. The fourth-order valence-electron chi connectivity index (χ4n) is 2.58. The number of hydrogen-bond acceptors (Lipinski definition) is 4. The average Bonchev–Trinajstić information content (AvgIpc) is 2.48. The third-order valence-electron chi connectivity index (χ3n) is 3.73. The molecule has 21 heavy (non-hydrogen) atoms. The van der Waals surface area contributed by atoms with Crippen molar-refractivity contribution in [3.8, 4) is 0 Å². The molecule has 2 N–H and O–H groups in total. The number of carbonyl (C=O) groups is 2. The summed E-state index contributed by atoms with van der Waals surface area (Å²) in [6, 6.07) is 8.29. The lowest BCUT2D eigenvalue weighted by Gasteiger charge is -2.34. The fourth-order valence-corrected chi connectivity index (χ4v) is 2.58. The first-order valence-electron chi connectivity index (χ1n) is 6.75. The Morgan fingerprint density at radius 3 is 2.95 bits per heavy atom. The molecule has 1 atom stereocenters. The Kier molecular flexibility index (Phi) is 3.21. The van der Waals surface area contributed by atoms with Crippen LogP contribution in [-0.4, -0.2) is 41.1 Å². The molecule has 0 aliphatic carbocycles. The summed E-state index contributed by atoms with van der Waals surface area (Å²) in [7, 11) is 0. The van der Waals surface area contributed by atoms with Crippen molar-refractivity contribution in [2.75, 3.05) is 18.0 Å². The number of fused-ring (bicyclic) bond motifs is 1. The first-order chi connectivity index (χ1) is 10.1. The quantitative estimate of drug-likeness (QED) is 0.868. The van der Waals surface area contributed by atoms with E-state index in [1.807, 2.05) is 11.0 Å². The summed E-state index contributed by atoms with van der Waals surface area (Å²) in [6.45, 7) is 2.92. The van der Waals surface area contributed by atoms with E-state index >= 15 is 0 Å². The molecular weight excluding hydrogens is 270 g/mol. The van der Waals surface area contributed by atoms with Gasteiger partial charge in [0.1, 0.15) is 11.9 Å². The number of aromatic carboxylic acids is 1. The van der Waals surface area contributed by atoms with Crippen molar-refractivity contribution in [3.05, 3.63) is 35.9 Å². The van der Waals surface area contributed by atoms with Gasteiger partial charge in [-0.1, -0.05) is 18.2 Å². The van der Waals surface area contributed by atoms with Crippen molar-refractivity contribution in [3.63, 3.8) is 0 Å². The Balaban J connectivity index is 2.15. The number of rotatable bonds is 2. The number of pyridine rings is 1. The van der Waals surface area contributed by atoms with Crippen molar-refractivity contribution in [1.82, 2.24) is 10.3 Å². The van der Waals surface area contributed by atoms with Crippen LogP contribution in [0.3, 0.4) is 0 Å². The molecule has 1 fully saturated rings. The van der Waals surface area contributed by atoms with E-state index in [4.69, 9.17) is 0 Å². The topological polar surface area (TPSA) is 82.5 Å². The number of nitrogens with one attached hydrogen (secondary N) is 1. The summed E-state index contributed by atoms with van der Waals surface area (Å²) in [5.74, 6) is -0.550. The van der Waals surface area contributed by atoms with Crippen molar-refractivity contribution in [1.29, 1.82) is 0 Å². The molecule has 1 saturated heterocycles. The number of piperazine rings is 1. The zero-order chi connectivity index (χ0) is 15.0. The lowest BCUT2D eigenvalue weighted by atomic mass is 10.1. The van der Waals surface area contributed by atoms with Crippen LogP contribution in [0.2, 0.25) is 0 Å². The lowest BCUT2D eigenvalue weighted by Crippen LogP contribution is -2.54. The number of benzene rings is 1. The van der Waals surface area contributed by atoms with Crippen molar-refractivity contribution < 1.29 is 14.7 Å². The van der Waals surface area contributed by atoms with Gasteiger partial charge in [-0.05, 0) is 19.1 Å². The molecule has 1 unspecified atom stereocenters. The second kappa shape index (κ2) is 5.05. The maximum Gasteiger partial charge on any atom is 0.336 e. The van der Waals surface area contributed by atoms with Crippen LogP contribution in [0.4, 0.5) is 5.82 Å². The summed E-state index contributed by atoms with van der Waals surface area (Å²) < 4.78 is 0. The van der Waals surface area contributed by atoms with E-state index in [0.717, 1.165) is 0 Å². The Morgan fingerprint density at radius 1 is 1.43 bits per heavy atom. The number of carboxylic acid groups (broad SMARTS) is 1. The molecule has 6 nitrogen and oxygen atoms in total. The zero-order valence-electron chi connectivity index (χ0n) is 11.5. The van der Waals surface area contributed by atoms with E-state index in [0.29, 0.717) is 29.8 Å². The van der Waals surface area contributed by atoms with Gasteiger partial charge in [0.25, 0.3) is 0 Å². The predicted octanol–water partition coefficient (Wildman–Crippen LogP) is 1.26. The first kappa shape index (κ1) is 13.4. The van der Waals surface area contributed by atoms with Gasteiger partial charge in [-0.25, -0.2) is 9.78 Å². The van der Waals surface area contributed by atoms with Gasteiger partial charge in [0.05, 0.1) is 11.1 Å². The number of carboxylic acids is 1. The Labute approximate surface area is 121 Å². The summed E-state index contributed by atoms with van der Waals surface area (Å²) in [5.41, 5.74) is 0.819. The van der Waals surface area contributed by atoms with Crippen LogP contribution in [0.25, 0.3) is 10.9 Å². The van der Waals surface area contributed by atoms with Crippen LogP contribution in [0.5, 0.6) is 0 Å². The number of nitrogens with zero attached hydrogens (tertiary/aromatic N) is 2. The van der Waals surface area contributed by atoms with Crippen molar-refractivity contribution in [2.45, 2.75) is 13.0 Å². The number of hydrogen-bond donors (Lipinski definition) is 2. The molecule has 0 bridgehead atoms. The highest BCUT2D eigenvalue weighted by Crippen LogP contribution is 2.24. The molecule has 108 valence electrons. The average molecular weight is 285 g/mol. The molecule has 2 aromatic rings. The van der Waals surface area contributed by atoms with Gasteiger partial charge in [0.15, 0.2) is 0 Å². The number of para-hydroxylation sites is 1. The Morgan fingerprint density at radius 2 is 2.19 bits per heavy atom. The van der Waals surface area contributed by atoms with Crippen molar-refractivity contribution >= 4 is 28.6 Å². The highest BCUT2D eigenvalue weighted by Gasteiger charge is 2.27. The molecule has 1 amide bonds. The number of aromatic nitrogens is 1. The summed E-state index contributed by atoms with van der Waals surface area (Å²) >= 11 is 0. The van der Waals surface area contributed by atoms with Gasteiger partial charge in [0, 0.05) is 18.5 Å². The van der Waals surface area contributed by atoms with Gasteiger partial charge in [-0.3, -0.25) is 4.79 Å². The lowest BCUT2D eigenvalue weighted by molar-refractivity contribution is -0.122. The summed E-state index contributed by atoms with van der Waals surface area (Å²) in [5, 5.41) is 12.8. The number of carbonyl (C=O) groups excluding carboxylic acids is 1. The minimum atomic E-state index is -0.996. The van der Waals surface area contributed by atoms with E-state index in [1.165, 1.54) is 0 Å². The number of amides is 1. The molecule has 2 heterocycles. The smallest absolute Gasteiger partial charge is 0.336 e. The minimum Gasteiger partial charge on any atom is -0.478 e. The maximum atomic E-state index is 11.8. The molecule has 0 spiro atoms. The van der Waals surface area contributed by atoms with Gasteiger partial charge in [-0.2, -0.15) is 0 Å². The van der Waals surface area contributed by atoms with Crippen LogP contribution in [0, 0.1) is 0 Å². The van der Waals surface area contributed by atoms with Crippen molar-refractivity contribution in [2.24, 2.45) is 0 Å². The normalized spacial score (nSPS) is 18.6. The second-order valence-corrected chi connectivity index (χ2v) is 5.01. The monoisotopic (exact) mass is 285 g/mol. The van der Waals surface area contributed by atoms with Gasteiger partial charge in [-0.15, -0.1) is 0 Å². The molecule has 6 heteroatoms. The standard InChI is InChI=1S/C15H15N3O3/c1-9-14(19)16-6-7-18(9)13-8-11(15(20)21)10-4-2-3-5-12(10)17-13/h2-5,8-9H,6-7H2,1H3,(H,16,19)(H,20,21). The van der Waals surface area contributed by atoms with Gasteiger partial charge < -0.3 is 15.3 Å². The molecule has 1 aromatic carbocycles. The van der Waals surface area contributed by atoms with Crippen LogP contribution in [-0.2, 0) is 4.79 Å². The minimum absolute atomic E-state index is 0.0758. The molecular formula is C15H15N3O3. The van der Waals surface area contributed by atoms with Crippen LogP contribution in [0.1, 0.15) is 17.3 Å². The third kappa shape index (κ3) is 2.29. The Bertz CT molecular complexity index is 729. The largest absolute Gasteiger partial charge is 0.478 e. The van der Waals surface area contributed by atoms with E-state index in [9.17, 15) is 14.7 Å². The maximum absolute atomic E-state index is 11.8. The molecule has 1 aliphatic heterocycles. The van der Waals surface area contributed by atoms with Crippen LogP contribution in [0.15, 0.2) is 30.3 Å². The molecule has 3 rings (SSSR count).